The number of amides is 1. The molecule has 0 aliphatic carbocycles. The van der Waals surface area contributed by atoms with Crippen LogP contribution < -0.4 is 15.0 Å². The number of aromatic nitrogens is 2. The number of carbonyl (C=O) groups excluding carboxylic acids is 3. The summed E-state index contributed by atoms with van der Waals surface area (Å²) < 4.78 is 50.0. The van der Waals surface area contributed by atoms with Crippen molar-refractivity contribution in [3.63, 3.8) is 0 Å². The molecule has 1 fully saturated rings. The van der Waals surface area contributed by atoms with E-state index in [9.17, 15) is 27.6 Å². The third-order valence-corrected chi connectivity index (χ3v) is 5.61. The lowest BCUT2D eigenvalue weighted by atomic mass is 9.97. The number of halogens is 3. The van der Waals surface area contributed by atoms with Crippen LogP contribution in [0.25, 0.3) is 0 Å². The highest BCUT2D eigenvalue weighted by Gasteiger charge is 2.40. The SMILES string of the molecule is CCOC(=O)C1CCN(c2ncnc(Oc3ccc(CCC(C)=O)cc3)c2NC(=O)C(F)(F)F)CC1. The molecule has 1 aromatic carbocycles. The van der Waals surface area contributed by atoms with Crippen molar-refractivity contribution in [2.24, 2.45) is 5.92 Å². The number of rotatable bonds is 9. The predicted octanol–water partition coefficient (Wildman–Crippen LogP) is 4.07. The summed E-state index contributed by atoms with van der Waals surface area (Å²) in [4.78, 5) is 44.7. The number of carbonyl (C=O) groups is 3. The Balaban J connectivity index is 1.84. The second-order valence-electron chi connectivity index (χ2n) is 8.29. The van der Waals surface area contributed by atoms with E-state index < -0.39 is 12.1 Å². The third-order valence-electron chi connectivity index (χ3n) is 5.61. The van der Waals surface area contributed by atoms with E-state index >= 15 is 0 Å². The van der Waals surface area contributed by atoms with Gasteiger partial charge in [0.25, 0.3) is 0 Å². The summed E-state index contributed by atoms with van der Waals surface area (Å²) in [6.07, 6.45) is -2.26. The number of hydrogen-bond donors (Lipinski definition) is 1. The van der Waals surface area contributed by atoms with Gasteiger partial charge in [0.1, 0.15) is 23.5 Å². The molecule has 36 heavy (non-hydrogen) atoms. The minimum Gasteiger partial charge on any atom is -0.466 e. The highest BCUT2D eigenvalue weighted by Crippen LogP contribution is 2.37. The Morgan fingerprint density at radius 2 is 1.78 bits per heavy atom. The molecule has 1 aliphatic rings. The summed E-state index contributed by atoms with van der Waals surface area (Å²) in [5.74, 6) is -2.71. The van der Waals surface area contributed by atoms with Crippen LogP contribution >= 0.6 is 0 Å². The smallest absolute Gasteiger partial charge is 0.466 e. The molecule has 1 N–H and O–H groups in total. The molecule has 0 unspecified atom stereocenters. The van der Waals surface area contributed by atoms with Gasteiger partial charge in [0.15, 0.2) is 5.82 Å². The van der Waals surface area contributed by atoms with Crippen molar-refractivity contribution in [1.82, 2.24) is 9.97 Å². The minimum absolute atomic E-state index is 0.0537. The Morgan fingerprint density at radius 1 is 1.11 bits per heavy atom. The standard InChI is InChI=1S/C24H27F3N4O5/c1-3-35-22(33)17-10-12-31(13-11-17)20-19(30-23(34)24(25,26)27)21(29-14-28-20)36-18-8-6-16(7-9-18)5-4-15(2)32/h6-9,14,17H,3-5,10-13H2,1-2H3,(H,30,34). The molecule has 1 aromatic heterocycles. The Morgan fingerprint density at radius 3 is 2.36 bits per heavy atom. The van der Waals surface area contributed by atoms with Crippen LogP contribution in [0.4, 0.5) is 24.7 Å². The summed E-state index contributed by atoms with van der Waals surface area (Å²) in [5, 5.41) is 1.85. The number of aryl methyl sites for hydroxylation is 1. The van der Waals surface area contributed by atoms with Crippen LogP contribution in [0, 0.1) is 5.92 Å². The van der Waals surface area contributed by atoms with E-state index in [-0.39, 0.29) is 47.4 Å². The van der Waals surface area contributed by atoms with Crippen molar-refractivity contribution in [2.45, 2.75) is 45.7 Å². The third kappa shape index (κ3) is 7.15. The number of nitrogens with one attached hydrogen (secondary N) is 1. The maximum atomic E-state index is 13.1. The van der Waals surface area contributed by atoms with Crippen molar-refractivity contribution in [3.8, 4) is 11.6 Å². The highest BCUT2D eigenvalue weighted by atomic mass is 19.4. The molecule has 0 bridgehead atoms. The van der Waals surface area contributed by atoms with Gasteiger partial charge < -0.3 is 24.5 Å². The Labute approximate surface area is 206 Å². The molecule has 0 saturated carbocycles. The van der Waals surface area contributed by atoms with Gasteiger partial charge in [-0.25, -0.2) is 4.98 Å². The van der Waals surface area contributed by atoms with Gasteiger partial charge in [0.2, 0.25) is 5.88 Å². The fraction of sp³-hybridized carbons (Fsp3) is 0.458. The lowest BCUT2D eigenvalue weighted by Gasteiger charge is -2.32. The summed E-state index contributed by atoms with van der Waals surface area (Å²) in [6.45, 7) is 4.08. The van der Waals surface area contributed by atoms with Gasteiger partial charge in [-0.15, -0.1) is 0 Å². The van der Waals surface area contributed by atoms with E-state index in [1.165, 1.54) is 6.92 Å². The number of ketones is 1. The van der Waals surface area contributed by atoms with Crippen LogP contribution in [0.2, 0.25) is 0 Å². The molecule has 1 amide bonds. The molecule has 2 heterocycles. The first-order valence-corrected chi connectivity index (χ1v) is 11.5. The van der Waals surface area contributed by atoms with E-state index in [1.54, 1.807) is 36.1 Å². The topological polar surface area (TPSA) is 111 Å². The number of benzene rings is 1. The van der Waals surface area contributed by atoms with Crippen LogP contribution in [0.15, 0.2) is 30.6 Å². The average molecular weight is 508 g/mol. The van der Waals surface area contributed by atoms with Gasteiger partial charge >= 0.3 is 18.1 Å². The first kappa shape index (κ1) is 26.9. The second kappa shape index (κ2) is 11.8. The summed E-state index contributed by atoms with van der Waals surface area (Å²) >= 11 is 0. The Bertz CT molecular complexity index is 1080. The van der Waals surface area contributed by atoms with Gasteiger partial charge in [0.05, 0.1) is 12.5 Å². The molecular weight excluding hydrogens is 481 g/mol. The zero-order valence-electron chi connectivity index (χ0n) is 19.9. The second-order valence-corrected chi connectivity index (χ2v) is 8.29. The van der Waals surface area contributed by atoms with Crippen LogP contribution in [0.3, 0.4) is 0 Å². The molecule has 1 saturated heterocycles. The number of anilines is 2. The molecular formula is C24H27F3N4O5. The predicted molar refractivity (Wildman–Crippen MR) is 124 cm³/mol. The quantitative estimate of drug-likeness (QED) is 0.505. The summed E-state index contributed by atoms with van der Waals surface area (Å²) in [6, 6.07) is 6.65. The zero-order chi connectivity index (χ0) is 26.3. The van der Waals surface area contributed by atoms with Crippen molar-refractivity contribution in [1.29, 1.82) is 0 Å². The number of nitrogens with zero attached hydrogens (tertiary/aromatic N) is 3. The van der Waals surface area contributed by atoms with Gasteiger partial charge in [0, 0.05) is 19.5 Å². The molecule has 0 radical (unpaired) electrons. The van der Waals surface area contributed by atoms with Crippen molar-refractivity contribution in [3.05, 3.63) is 36.2 Å². The van der Waals surface area contributed by atoms with Crippen LogP contribution in [-0.2, 0) is 25.5 Å². The van der Waals surface area contributed by atoms with Gasteiger partial charge in [-0.3, -0.25) is 9.59 Å². The highest BCUT2D eigenvalue weighted by molar-refractivity contribution is 5.98. The lowest BCUT2D eigenvalue weighted by Crippen LogP contribution is -2.38. The molecule has 2 aromatic rings. The van der Waals surface area contributed by atoms with E-state index in [1.807, 2.05) is 5.32 Å². The summed E-state index contributed by atoms with van der Waals surface area (Å²) in [5.41, 5.74) is 0.561. The van der Waals surface area contributed by atoms with Crippen LogP contribution in [0.5, 0.6) is 11.6 Å². The minimum atomic E-state index is -5.14. The number of alkyl halides is 3. The molecule has 12 heteroatoms. The molecule has 3 rings (SSSR count). The van der Waals surface area contributed by atoms with Crippen molar-refractivity contribution < 1.29 is 37.0 Å². The number of esters is 1. The van der Waals surface area contributed by atoms with E-state index in [0.29, 0.717) is 38.8 Å². The van der Waals surface area contributed by atoms with Gasteiger partial charge in [-0.1, -0.05) is 12.1 Å². The van der Waals surface area contributed by atoms with Gasteiger partial charge in [-0.2, -0.15) is 18.2 Å². The molecule has 194 valence electrons. The maximum Gasteiger partial charge on any atom is 0.471 e. The van der Waals surface area contributed by atoms with E-state index in [4.69, 9.17) is 9.47 Å². The first-order chi connectivity index (χ1) is 17.1. The van der Waals surface area contributed by atoms with Crippen molar-refractivity contribution in [2.75, 3.05) is 29.9 Å². The van der Waals surface area contributed by atoms with E-state index in [0.717, 1.165) is 11.9 Å². The van der Waals surface area contributed by atoms with Gasteiger partial charge in [-0.05, 0) is 50.8 Å². The molecule has 9 nitrogen and oxygen atoms in total. The normalized spacial score (nSPS) is 14.3. The maximum absolute atomic E-state index is 13.1. The zero-order valence-corrected chi connectivity index (χ0v) is 19.9. The number of Topliss-reactive ketones (excluding diaryl/α,β-unsaturated/α-hetero) is 1. The lowest BCUT2D eigenvalue weighted by molar-refractivity contribution is -0.167. The first-order valence-electron chi connectivity index (χ1n) is 11.5. The van der Waals surface area contributed by atoms with E-state index in [2.05, 4.69) is 9.97 Å². The van der Waals surface area contributed by atoms with Crippen LogP contribution in [0.1, 0.15) is 38.7 Å². The largest absolute Gasteiger partial charge is 0.471 e. The molecule has 0 spiro atoms. The fourth-order valence-corrected chi connectivity index (χ4v) is 3.71. The monoisotopic (exact) mass is 508 g/mol. The van der Waals surface area contributed by atoms with Crippen molar-refractivity contribution >= 4 is 29.2 Å². The Kier molecular flexibility index (Phi) is 8.83. The Hall–Kier alpha value is -3.70. The van der Waals surface area contributed by atoms with Crippen LogP contribution in [-0.4, -0.2) is 53.5 Å². The number of hydrogen-bond acceptors (Lipinski definition) is 8. The fourth-order valence-electron chi connectivity index (χ4n) is 3.71. The molecule has 1 aliphatic heterocycles. The summed E-state index contributed by atoms with van der Waals surface area (Å²) in [7, 11) is 0. The molecule has 0 atom stereocenters. The number of piperidine rings is 1. The average Bonchev–Trinajstić information content (AvgIpc) is 2.84. The number of ether oxygens (including phenoxy) is 2.